The Morgan fingerprint density at radius 2 is 2.12 bits per heavy atom. The third-order valence-electron chi connectivity index (χ3n) is 2.33. The highest BCUT2D eigenvalue weighted by molar-refractivity contribution is 9.10. The molecule has 0 heterocycles. The van der Waals surface area contributed by atoms with Crippen molar-refractivity contribution in [3.05, 3.63) is 34.1 Å². The van der Waals surface area contributed by atoms with Gasteiger partial charge in [0.15, 0.2) is 0 Å². The number of carboxylic acids is 1. The molecule has 0 spiro atoms. The topological polar surface area (TPSA) is 37.3 Å². The lowest BCUT2D eigenvalue weighted by Crippen LogP contribution is -2.20. The predicted octanol–water partition coefficient (Wildman–Crippen LogP) is 3.63. The molecule has 0 atom stereocenters. The Balaban J connectivity index is 2.87. The van der Waals surface area contributed by atoms with Crippen LogP contribution in [0, 0.1) is 11.2 Å². The maximum atomic E-state index is 13.3. The van der Waals surface area contributed by atoms with Crippen LogP contribution in [0.15, 0.2) is 22.7 Å². The van der Waals surface area contributed by atoms with Gasteiger partial charge < -0.3 is 5.11 Å². The van der Waals surface area contributed by atoms with E-state index < -0.39 is 5.97 Å². The van der Waals surface area contributed by atoms with E-state index >= 15 is 0 Å². The summed E-state index contributed by atoms with van der Waals surface area (Å²) in [5, 5.41) is 8.77. The van der Waals surface area contributed by atoms with Crippen LogP contribution in [0.1, 0.15) is 25.8 Å². The molecule has 0 fully saturated rings. The number of carboxylic acid groups (broad SMARTS) is 1. The Bertz CT molecular complexity index is 402. The van der Waals surface area contributed by atoms with Gasteiger partial charge in [0.2, 0.25) is 0 Å². The van der Waals surface area contributed by atoms with E-state index in [1.807, 2.05) is 13.8 Å². The first-order valence-corrected chi connectivity index (χ1v) is 5.76. The molecule has 0 aromatic heterocycles. The van der Waals surface area contributed by atoms with E-state index in [0.717, 1.165) is 5.56 Å². The molecule has 1 aromatic carbocycles. The van der Waals surface area contributed by atoms with Gasteiger partial charge >= 0.3 is 5.97 Å². The van der Waals surface area contributed by atoms with Crippen molar-refractivity contribution >= 4 is 21.9 Å². The van der Waals surface area contributed by atoms with Gasteiger partial charge in [-0.3, -0.25) is 4.79 Å². The number of rotatable bonds is 4. The van der Waals surface area contributed by atoms with Crippen LogP contribution in [0.5, 0.6) is 0 Å². The van der Waals surface area contributed by atoms with Crippen molar-refractivity contribution in [3.63, 3.8) is 0 Å². The highest BCUT2D eigenvalue weighted by Gasteiger charge is 2.23. The van der Waals surface area contributed by atoms with Crippen LogP contribution in [0.2, 0.25) is 0 Å². The van der Waals surface area contributed by atoms with Crippen molar-refractivity contribution in [2.24, 2.45) is 5.41 Å². The summed E-state index contributed by atoms with van der Waals surface area (Å²) in [7, 11) is 0. The number of halogens is 2. The molecule has 0 aliphatic carbocycles. The van der Waals surface area contributed by atoms with E-state index in [1.165, 1.54) is 6.07 Å². The fourth-order valence-corrected chi connectivity index (χ4v) is 2.08. The summed E-state index contributed by atoms with van der Waals surface area (Å²) in [6.07, 6.45) is 0.591. The molecule has 2 nitrogen and oxygen atoms in total. The molecule has 16 heavy (non-hydrogen) atoms. The molecule has 88 valence electrons. The predicted molar refractivity (Wildman–Crippen MR) is 63.8 cm³/mol. The minimum absolute atomic E-state index is 0.0654. The average Bonchev–Trinajstić information content (AvgIpc) is 2.10. The second-order valence-electron chi connectivity index (χ2n) is 4.62. The van der Waals surface area contributed by atoms with E-state index in [9.17, 15) is 9.18 Å². The highest BCUT2D eigenvalue weighted by Crippen LogP contribution is 2.30. The summed E-state index contributed by atoms with van der Waals surface area (Å²) in [5.74, 6) is -1.15. The number of hydrogen-bond donors (Lipinski definition) is 1. The number of carbonyl (C=O) groups is 1. The third-order valence-corrected chi connectivity index (χ3v) is 3.22. The molecule has 1 rings (SSSR count). The Hall–Kier alpha value is -0.900. The molecule has 0 saturated heterocycles. The summed E-state index contributed by atoms with van der Waals surface area (Å²) < 4.78 is 13.7. The lowest BCUT2D eigenvalue weighted by Gasteiger charge is -2.23. The normalized spacial score (nSPS) is 11.5. The van der Waals surface area contributed by atoms with Crippen molar-refractivity contribution in [1.82, 2.24) is 0 Å². The Labute approximate surface area is 103 Å². The molecule has 0 radical (unpaired) electrons. The van der Waals surface area contributed by atoms with Gasteiger partial charge in [-0.1, -0.05) is 26.0 Å². The van der Waals surface area contributed by atoms with Crippen LogP contribution in [-0.2, 0) is 11.2 Å². The van der Waals surface area contributed by atoms with Crippen LogP contribution in [0.25, 0.3) is 0 Å². The molecular formula is C12H14BrFO2. The molecule has 0 aliphatic heterocycles. The van der Waals surface area contributed by atoms with Gasteiger partial charge in [-0.15, -0.1) is 0 Å². The van der Waals surface area contributed by atoms with Gasteiger partial charge in [0.1, 0.15) is 5.82 Å². The summed E-state index contributed by atoms with van der Waals surface area (Å²) in [6.45, 7) is 3.72. The molecular weight excluding hydrogens is 275 g/mol. The van der Waals surface area contributed by atoms with Gasteiger partial charge in [0.05, 0.1) is 10.9 Å². The van der Waals surface area contributed by atoms with Crippen LogP contribution in [-0.4, -0.2) is 11.1 Å². The zero-order valence-electron chi connectivity index (χ0n) is 9.26. The summed E-state index contributed by atoms with van der Waals surface area (Å²) in [6, 6.07) is 4.81. The number of benzene rings is 1. The summed E-state index contributed by atoms with van der Waals surface area (Å²) in [4.78, 5) is 10.7. The van der Waals surface area contributed by atoms with Crippen LogP contribution >= 0.6 is 15.9 Å². The Kier molecular flexibility index (Phi) is 4.08. The number of aliphatic carboxylic acids is 1. The quantitative estimate of drug-likeness (QED) is 0.919. The van der Waals surface area contributed by atoms with E-state index in [4.69, 9.17) is 5.11 Å². The Morgan fingerprint density at radius 3 is 2.69 bits per heavy atom. The minimum Gasteiger partial charge on any atom is -0.481 e. The first kappa shape index (κ1) is 13.2. The fraction of sp³-hybridized carbons (Fsp3) is 0.417. The van der Waals surface area contributed by atoms with Gasteiger partial charge in [0, 0.05) is 0 Å². The van der Waals surface area contributed by atoms with E-state index in [0.29, 0.717) is 10.9 Å². The maximum Gasteiger partial charge on any atom is 0.303 e. The van der Waals surface area contributed by atoms with Gasteiger partial charge in [-0.25, -0.2) is 4.39 Å². The van der Waals surface area contributed by atoms with Gasteiger partial charge in [0.25, 0.3) is 0 Å². The van der Waals surface area contributed by atoms with Gasteiger partial charge in [-0.05, 0) is 39.4 Å². The molecule has 1 N–H and O–H groups in total. The van der Waals surface area contributed by atoms with Crippen molar-refractivity contribution in [3.8, 4) is 0 Å². The first-order chi connectivity index (χ1) is 7.32. The zero-order chi connectivity index (χ0) is 12.3. The molecule has 0 bridgehead atoms. The van der Waals surface area contributed by atoms with Crippen molar-refractivity contribution in [2.75, 3.05) is 0 Å². The first-order valence-electron chi connectivity index (χ1n) is 4.96. The highest BCUT2D eigenvalue weighted by atomic mass is 79.9. The van der Waals surface area contributed by atoms with Crippen LogP contribution in [0.3, 0.4) is 0 Å². The third kappa shape index (κ3) is 3.59. The Morgan fingerprint density at radius 1 is 1.50 bits per heavy atom. The van der Waals surface area contributed by atoms with Crippen LogP contribution < -0.4 is 0 Å². The standard InChI is InChI=1S/C12H14BrFO2/c1-12(2,7-10(15)16)6-8-4-3-5-9(14)11(8)13/h3-5H,6-7H2,1-2H3,(H,15,16). The fourth-order valence-electron chi connectivity index (χ4n) is 1.67. The molecule has 4 heteroatoms. The molecule has 0 aliphatic rings. The van der Waals surface area contributed by atoms with E-state index in [1.54, 1.807) is 12.1 Å². The monoisotopic (exact) mass is 288 g/mol. The van der Waals surface area contributed by atoms with E-state index in [-0.39, 0.29) is 17.7 Å². The largest absolute Gasteiger partial charge is 0.481 e. The second kappa shape index (κ2) is 4.95. The summed E-state index contributed by atoms with van der Waals surface area (Å²) >= 11 is 3.18. The average molecular weight is 289 g/mol. The van der Waals surface area contributed by atoms with E-state index in [2.05, 4.69) is 15.9 Å². The van der Waals surface area contributed by atoms with Crippen molar-refractivity contribution in [2.45, 2.75) is 26.7 Å². The van der Waals surface area contributed by atoms with Crippen molar-refractivity contribution < 1.29 is 14.3 Å². The van der Waals surface area contributed by atoms with Gasteiger partial charge in [-0.2, -0.15) is 0 Å². The second-order valence-corrected chi connectivity index (χ2v) is 5.42. The maximum absolute atomic E-state index is 13.3. The minimum atomic E-state index is -0.836. The lowest BCUT2D eigenvalue weighted by atomic mass is 9.83. The molecule has 0 unspecified atom stereocenters. The number of hydrogen-bond acceptors (Lipinski definition) is 1. The smallest absolute Gasteiger partial charge is 0.303 e. The SMILES string of the molecule is CC(C)(CC(=O)O)Cc1cccc(F)c1Br. The van der Waals surface area contributed by atoms with Crippen molar-refractivity contribution in [1.29, 1.82) is 0 Å². The zero-order valence-corrected chi connectivity index (χ0v) is 10.8. The lowest BCUT2D eigenvalue weighted by molar-refractivity contribution is -0.139. The molecule has 0 amide bonds. The summed E-state index contributed by atoms with van der Waals surface area (Å²) in [5.41, 5.74) is 0.411. The molecule has 1 aromatic rings. The van der Waals surface area contributed by atoms with Crippen LogP contribution in [0.4, 0.5) is 4.39 Å². The molecule has 0 saturated carbocycles.